The molecule has 0 spiro atoms. The highest BCUT2D eigenvalue weighted by atomic mass is 14.6. The number of hydrogen-bond donors (Lipinski definition) is 0. The van der Waals surface area contributed by atoms with Crippen LogP contribution in [-0.4, -0.2) is 0 Å². The fourth-order valence-corrected chi connectivity index (χ4v) is 5.26. The Morgan fingerprint density at radius 2 is 1.00 bits per heavy atom. The molecule has 1 fully saturated rings. The van der Waals surface area contributed by atoms with E-state index in [2.05, 4.69) is 61.7 Å². The van der Waals surface area contributed by atoms with Gasteiger partial charge in [0, 0.05) is 23.7 Å². The van der Waals surface area contributed by atoms with Gasteiger partial charge in [-0.05, 0) is 34.1 Å². The van der Waals surface area contributed by atoms with Gasteiger partial charge in [0.2, 0.25) is 0 Å². The Hall–Kier alpha value is -1.82. The first kappa shape index (κ1) is 10.9. The van der Waals surface area contributed by atoms with Crippen molar-refractivity contribution in [2.24, 2.45) is 23.7 Å². The Kier molecular flexibility index (Phi) is 1.87. The Morgan fingerprint density at radius 3 is 1.45 bits per heavy atom. The normalized spacial score (nSPS) is 42.8. The van der Waals surface area contributed by atoms with E-state index in [9.17, 15) is 0 Å². The molecule has 0 heterocycles. The highest BCUT2D eigenvalue weighted by molar-refractivity contribution is 5.54. The van der Waals surface area contributed by atoms with Gasteiger partial charge in [-0.25, -0.2) is 0 Å². The Labute approximate surface area is 120 Å². The zero-order valence-corrected chi connectivity index (χ0v) is 11.5. The summed E-state index contributed by atoms with van der Waals surface area (Å²) < 4.78 is 0. The molecule has 0 amide bonds. The minimum absolute atomic E-state index is 0.503. The van der Waals surface area contributed by atoms with Crippen LogP contribution in [0.5, 0.6) is 0 Å². The van der Waals surface area contributed by atoms with E-state index in [4.69, 9.17) is 0 Å². The fraction of sp³-hybridized carbons (Fsp3) is 0.300. The SMILES string of the molecule is C=C1C(=C)[C@@H]2C=C[C@H]1C1C2[C@@H]2C=C[C@H]1c1ccccc12. The Balaban J connectivity index is 1.76. The number of rotatable bonds is 0. The molecule has 1 aromatic carbocycles. The molecule has 98 valence electrons. The Morgan fingerprint density at radius 1 is 0.600 bits per heavy atom. The van der Waals surface area contributed by atoms with Crippen molar-refractivity contribution in [3.8, 4) is 0 Å². The summed E-state index contributed by atoms with van der Waals surface area (Å²) in [5.74, 6) is 3.56. The van der Waals surface area contributed by atoms with Crippen molar-refractivity contribution in [2.75, 3.05) is 0 Å². The van der Waals surface area contributed by atoms with Gasteiger partial charge in [-0.15, -0.1) is 0 Å². The van der Waals surface area contributed by atoms with Crippen molar-refractivity contribution in [2.45, 2.75) is 11.8 Å². The summed E-state index contributed by atoms with van der Waals surface area (Å²) >= 11 is 0. The summed E-state index contributed by atoms with van der Waals surface area (Å²) in [5, 5.41) is 0. The van der Waals surface area contributed by atoms with Gasteiger partial charge in [-0.3, -0.25) is 0 Å². The van der Waals surface area contributed by atoms with Crippen molar-refractivity contribution in [3.63, 3.8) is 0 Å². The quantitative estimate of drug-likeness (QED) is 0.597. The molecule has 0 heteroatoms. The van der Waals surface area contributed by atoms with Crippen LogP contribution in [0.2, 0.25) is 0 Å². The lowest BCUT2D eigenvalue weighted by molar-refractivity contribution is 0.142. The van der Waals surface area contributed by atoms with E-state index in [1.165, 1.54) is 11.1 Å². The largest absolute Gasteiger partial charge is 0.0949 e. The summed E-state index contributed by atoms with van der Waals surface area (Å²) in [6.07, 6.45) is 9.72. The van der Waals surface area contributed by atoms with E-state index in [-0.39, 0.29) is 0 Å². The van der Waals surface area contributed by atoms with E-state index in [1.807, 2.05) is 0 Å². The summed E-state index contributed by atoms with van der Waals surface area (Å²) in [6, 6.07) is 9.03. The molecule has 0 aliphatic heterocycles. The van der Waals surface area contributed by atoms with Gasteiger partial charge < -0.3 is 0 Å². The van der Waals surface area contributed by atoms with Gasteiger partial charge >= 0.3 is 0 Å². The van der Waals surface area contributed by atoms with Crippen molar-refractivity contribution in [3.05, 3.63) is 84.0 Å². The lowest BCUT2D eigenvalue weighted by atomic mass is 9.46. The molecule has 0 radical (unpaired) electrons. The van der Waals surface area contributed by atoms with Crippen LogP contribution < -0.4 is 0 Å². The van der Waals surface area contributed by atoms with Crippen LogP contribution in [0.1, 0.15) is 23.0 Å². The third kappa shape index (κ3) is 1.06. The van der Waals surface area contributed by atoms with E-state index >= 15 is 0 Å². The van der Waals surface area contributed by atoms with Crippen molar-refractivity contribution >= 4 is 0 Å². The molecular weight excluding hydrogens is 240 g/mol. The highest BCUT2D eigenvalue weighted by Gasteiger charge is 2.54. The summed E-state index contributed by atoms with van der Waals surface area (Å²) in [6.45, 7) is 8.67. The first-order valence-electron chi connectivity index (χ1n) is 7.61. The van der Waals surface area contributed by atoms with Crippen LogP contribution in [0, 0.1) is 23.7 Å². The van der Waals surface area contributed by atoms with Crippen molar-refractivity contribution < 1.29 is 0 Å². The third-order valence-electron chi connectivity index (χ3n) is 6.09. The molecule has 0 N–H and O–H groups in total. The number of hydrogen-bond acceptors (Lipinski definition) is 0. The molecule has 1 saturated carbocycles. The standard InChI is InChI=1S/C20H18/c1-11-12(2)14-8-7-13(11)19-17-9-10-18(20(14)19)16-6-4-3-5-15(16)17/h3-10,13-14,17-20H,1-2H2/t13-,14+,17+,18-,19?,20?. The minimum atomic E-state index is 0.503. The maximum absolute atomic E-state index is 4.33. The summed E-state index contributed by atoms with van der Waals surface area (Å²) in [7, 11) is 0. The number of benzene rings is 1. The lowest BCUT2D eigenvalue weighted by Gasteiger charge is -2.57. The second kappa shape index (κ2) is 3.44. The van der Waals surface area contributed by atoms with Gasteiger partial charge in [0.25, 0.3) is 0 Å². The number of fused-ring (bicyclic) bond motifs is 1. The van der Waals surface area contributed by atoms with Crippen LogP contribution >= 0.6 is 0 Å². The first-order valence-corrected chi connectivity index (χ1v) is 7.61. The van der Waals surface area contributed by atoms with Crippen LogP contribution in [0.25, 0.3) is 0 Å². The fourth-order valence-electron chi connectivity index (χ4n) is 5.26. The van der Waals surface area contributed by atoms with Crippen LogP contribution in [0.15, 0.2) is 72.9 Å². The molecule has 0 aromatic heterocycles. The maximum atomic E-state index is 4.33. The van der Waals surface area contributed by atoms with Gasteiger partial charge in [0.15, 0.2) is 0 Å². The van der Waals surface area contributed by atoms with Crippen molar-refractivity contribution in [1.82, 2.24) is 0 Å². The van der Waals surface area contributed by atoms with Gasteiger partial charge in [-0.2, -0.15) is 0 Å². The predicted molar refractivity (Wildman–Crippen MR) is 82.4 cm³/mol. The highest BCUT2D eigenvalue weighted by Crippen LogP contribution is 2.64. The molecule has 20 heavy (non-hydrogen) atoms. The van der Waals surface area contributed by atoms with Gasteiger partial charge in [-0.1, -0.05) is 61.7 Å². The smallest absolute Gasteiger partial charge is 0.00615 e. The summed E-state index contributed by atoms with van der Waals surface area (Å²) in [5.41, 5.74) is 5.69. The maximum Gasteiger partial charge on any atom is 0.00615 e. The van der Waals surface area contributed by atoms with Crippen LogP contribution in [0.3, 0.4) is 0 Å². The molecular formula is C20H18. The third-order valence-corrected chi connectivity index (χ3v) is 6.09. The Bertz CT molecular complexity index is 644. The molecule has 6 aliphatic rings. The molecule has 0 nitrogen and oxygen atoms in total. The zero-order chi connectivity index (χ0) is 13.4. The van der Waals surface area contributed by atoms with E-state index < -0.39 is 0 Å². The molecule has 1 aromatic rings. The lowest BCUT2D eigenvalue weighted by Crippen LogP contribution is -2.48. The van der Waals surface area contributed by atoms with E-state index in [0.717, 1.165) is 0 Å². The molecule has 0 saturated heterocycles. The minimum Gasteiger partial charge on any atom is -0.0949 e. The van der Waals surface area contributed by atoms with E-state index in [1.54, 1.807) is 11.1 Å². The van der Waals surface area contributed by atoms with Gasteiger partial charge in [0.05, 0.1) is 0 Å². The monoisotopic (exact) mass is 258 g/mol. The second-order valence-corrected chi connectivity index (χ2v) is 6.71. The topological polar surface area (TPSA) is 0 Å². The predicted octanol–water partition coefficient (Wildman–Crippen LogP) is 4.60. The second-order valence-electron chi connectivity index (χ2n) is 6.71. The van der Waals surface area contributed by atoms with Crippen LogP contribution in [-0.2, 0) is 0 Å². The zero-order valence-electron chi connectivity index (χ0n) is 11.5. The van der Waals surface area contributed by atoms with Gasteiger partial charge in [0.1, 0.15) is 0 Å². The molecule has 4 bridgehead atoms. The average Bonchev–Trinajstić information content (AvgIpc) is 2.52. The average molecular weight is 258 g/mol. The molecule has 6 aliphatic carbocycles. The molecule has 2 unspecified atom stereocenters. The summed E-state index contributed by atoms with van der Waals surface area (Å²) in [4.78, 5) is 0. The molecule has 7 rings (SSSR count). The van der Waals surface area contributed by atoms with E-state index in [0.29, 0.717) is 35.5 Å². The van der Waals surface area contributed by atoms with Crippen LogP contribution in [0.4, 0.5) is 0 Å². The molecule has 6 atom stereocenters. The van der Waals surface area contributed by atoms with Crippen molar-refractivity contribution in [1.29, 1.82) is 0 Å². The first-order chi connectivity index (χ1) is 9.77. The number of allylic oxidation sites excluding steroid dienone is 6.